The van der Waals surface area contributed by atoms with Gasteiger partial charge < -0.3 is 0 Å². The lowest BCUT2D eigenvalue weighted by Gasteiger charge is -1.93. The minimum absolute atomic E-state index is 0.419. The maximum absolute atomic E-state index is 8.03. The lowest BCUT2D eigenvalue weighted by atomic mass is 10.2. The van der Waals surface area contributed by atoms with E-state index in [2.05, 4.69) is 26.9 Å². The molecule has 4 heteroatoms. The van der Waals surface area contributed by atoms with Crippen molar-refractivity contribution in [3.05, 3.63) is 40.0 Å². The number of rotatable bonds is 2. The molecule has 0 fully saturated rings. The van der Waals surface area contributed by atoms with Gasteiger partial charge in [-0.25, -0.2) is 0 Å². The lowest BCUT2D eigenvalue weighted by Crippen LogP contribution is -1.85. The van der Waals surface area contributed by atoms with E-state index < -0.39 is 0 Å². The van der Waals surface area contributed by atoms with E-state index in [1.54, 1.807) is 6.20 Å². The number of nitrogens with zero attached hydrogens (tertiary/aromatic N) is 4. The summed E-state index contributed by atoms with van der Waals surface area (Å²) in [6.45, 7) is 2.33. The van der Waals surface area contributed by atoms with E-state index in [4.69, 9.17) is 5.53 Å². The Hall–Kier alpha value is -1.98. The Kier molecular flexibility index (Phi) is 4.06. The van der Waals surface area contributed by atoms with Crippen LogP contribution >= 0.6 is 0 Å². The summed E-state index contributed by atoms with van der Waals surface area (Å²) in [6.07, 6.45) is 2.32. The average molecular weight is 186 g/mol. The Labute approximate surface area is 82.6 Å². The zero-order valence-electron chi connectivity index (χ0n) is 7.94. The molecule has 0 bridgehead atoms. The summed E-state index contributed by atoms with van der Waals surface area (Å²) in [6, 6.07) is 3.77. The zero-order chi connectivity index (χ0) is 10.2. The minimum atomic E-state index is 0.419. The topological polar surface area (TPSA) is 61.7 Å². The fraction of sp³-hybridized carbons (Fsp3) is 0.300. The molecule has 70 valence electrons. The van der Waals surface area contributed by atoms with Crippen molar-refractivity contribution in [1.29, 1.82) is 0 Å². The van der Waals surface area contributed by atoms with Crippen molar-refractivity contribution in [3.8, 4) is 11.8 Å². The van der Waals surface area contributed by atoms with Crippen LogP contribution in [0, 0.1) is 18.8 Å². The van der Waals surface area contributed by atoms with Gasteiger partial charge in [0.1, 0.15) is 0 Å². The quantitative estimate of drug-likeness (QED) is 0.230. The van der Waals surface area contributed by atoms with Gasteiger partial charge in [-0.05, 0) is 24.6 Å². The summed E-state index contributed by atoms with van der Waals surface area (Å²) < 4.78 is 0. The molecule has 4 nitrogen and oxygen atoms in total. The van der Waals surface area contributed by atoms with Gasteiger partial charge in [0.05, 0.1) is 5.69 Å². The second kappa shape index (κ2) is 5.63. The molecule has 0 radical (unpaired) electrons. The molecule has 0 aliphatic heterocycles. The molecule has 0 aromatic carbocycles. The summed E-state index contributed by atoms with van der Waals surface area (Å²) >= 11 is 0. The van der Waals surface area contributed by atoms with E-state index in [-0.39, 0.29) is 0 Å². The number of aromatic nitrogens is 1. The van der Waals surface area contributed by atoms with Crippen molar-refractivity contribution in [3.63, 3.8) is 0 Å². The molecule has 1 aromatic heterocycles. The molecular formula is C10H10N4. The zero-order valence-corrected chi connectivity index (χ0v) is 7.94. The second-order valence-electron chi connectivity index (χ2n) is 2.64. The Morgan fingerprint density at radius 2 is 2.50 bits per heavy atom. The highest BCUT2D eigenvalue weighted by atomic mass is 15.1. The van der Waals surface area contributed by atoms with Crippen molar-refractivity contribution >= 4 is 0 Å². The Morgan fingerprint density at radius 3 is 3.21 bits per heavy atom. The summed E-state index contributed by atoms with van der Waals surface area (Å²) in [4.78, 5) is 6.75. The number of hydrogen-bond donors (Lipinski definition) is 0. The van der Waals surface area contributed by atoms with Crippen LogP contribution in [0.3, 0.4) is 0 Å². The van der Waals surface area contributed by atoms with E-state index in [1.807, 2.05) is 19.1 Å². The minimum Gasteiger partial charge on any atom is -0.260 e. The van der Waals surface area contributed by atoms with Crippen molar-refractivity contribution in [2.45, 2.75) is 13.3 Å². The van der Waals surface area contributed by atoms with E-state index in [0.717, 1.165) is 11.3 Å². The van der Waals surface area contributed by atoms with Gasteiger partial charge in [0.2, 0.25) is 0 Å². The second-order valence-corrected chi connectivity index (χ2v) is 2.64. The van der Waals surface area contributed by atoms with Crippen molar-refractivity contribution in [1.82, 2.24) is 4.98 Å². The molecule has 14 heavy (non-hydrogen) atoms. The fourth-order valence-corrected chi connectivity index (χ4v) is 0.925. The predicted octanol–water partition coefficient (Wildman–Crippen LogP) is 2.44. The molecule has 0 N–H and O–H groups in total. The maximum Gasteiger partial charge on any atom is 0.0528 e. The van der Waals surface area contributed by atoms with Gasteiger partial charge in [-0.1, -0.05) is 17.0 Å². The smallest absolute Gasteiger partial charge is 0.0528 e. The molecular weight excluding hydrogens is 176 g/mol. The largest absolute Gasteiger partial charge is 0.260 e. The van der Waals surface area contributed by atoms with Crippen LogP contribution in [0.25, 0.3) is 10.4 Å². The first-order valence-electron chi connectivity index (χ1n) is 4.26. The lowest BCUT2D eigenvalue weighted by molar-refractivity contribution is 1.01. The maximum atomic E-state index is 8.03. The molecule has 0 aliphatic rings. The monoisotopic (exact) mass is 186 g/mol. The molecule has 0 amide bonds. The molecule has 0 saturated carbocycles. The normalized spacial score (nSPS) is 8.36. The highest BCUT2D eigenvalue weighted by molar-refractivity contribution is 5.36. The summed E-state index contributed by atoms with van der Waals surface area (Å²) in [7, 11) is 0. The first-order valence-corrected chi connectivity index (χ1v) is 4.26. The molecule has 0 aliphatic carbocycles. The molecule has 0 spiro atoms. The van der Waals surface area contributed by atoms with E-state index in [9.17, 15) is 0 Å². The van der Waals surface area contributed by atoms with Gasteiger partial charge in [-0.15, -0.1) is 0 Å². The predicted molar refractivity (Wildman–Crippen MR) is 54.5 cm³/mol. The van der Waals surface area contributed by atoms with E-state index >= 15 is 0 Å². The summed E-state index contributed by atoms with van der Waals surface area (Å²) in [5.41, 5.74) is 9.87. The van der Waals surface area contributed by atoms with Crippen LogP contribution in [0.2, 0.25) is 0 Å². The fourth-order valence-electron chi connectivity index (χ4n) is 0.925. The number of pyridine rings is 1. The summed E-state index contributed by atoms with van der Waals surface area (Å²) in [5.74, 6) is 5.90. The number of hydrogen-bond acceptors (Lipinski definition) is 2. The summed E-state index contributed by atoms with van der Waals surface area (Å²) in [5, 5.41) is 3.39. The number of azide groups is 1. The van der Waals surface area contributed by atoms with Gasteiger partial charge in [0, 0.05) is 29.6 Å². The van der Waals surface area contributed by atoms with E-state index in [1.165, 1.54) is 0 Å². The van der Waals surface area contributed by atoms with Crippen LogP contribution in [-0.2, 0) is 0 Å². The van der Waals surface area contributed by atoms with Crippen molar-refractivity contribution in [2.75, 3.05) is 6.54 Å². The van der Waals surface area contributed by atoms with Crippen LogP contribution in [0.15, 0.2) is 23.4 Å². The third kappa shape index (κ3) is 3.18. The average Bonchev–Trinajstić information content (AvgIpc) is 2.20. The van der Waals surface area contributed by atoms with Crippen LogP contribution in [-0.4, -0.2) is 11.5 Å². The highest BCUT2D eigenvalue weighted by Crippen LogP contribution is 2.00. The first kappa shape index (κ1) is 10.1. The van der Waals surface area contributed by atoms with Crippen LogP contribution < -0.4 is 0 Å². The molecule has 0 unspecified atom stereocenters. The van der Waals surface area contributed by atoms with Crippen LogP contribution in [0.1, 0.15) is 17.7 Å². The Balaban J connectivity index is 2.59. The van der Waals surface area contributed by atoms with Gasteiger partial charge >= 0.3 is 0 Å². The molecule has 0 atom stereocenters. The number of aryl methyl sites for hydroxylation is 1. The van der Waals surface area contributed by atoms with Gasteiger partial charge in [0.25, 0.3) is 0 Å². The third-order valence-electron chi connectivity index (χ3n) is 1.63. The van der Waals surface area contributed by atoms with E-state index in [0.29, 0.717) is 13.0 Å². The van der Waals surface area contributed by atoms with Gasteiger partial charge in [-0.3, -0.25) is 4.98 Å². The molecule has 1 aromatic rings. The third-order valence-corrected chi connectivity index (χ3v) is 1.63. The Morgan fingerprint density at radius 1 is 1.64 bits per heavy atom. The standard InChI is InChI=1S/C10H10N4/c1-9-10(6-4-7-12-9)5-2-3-8-13-14-11/h4,6-7H,3,8H2,1H3. The van der Waals surface area contributed by atoms with Gasteiger partial charge in [-0.2, -0.15) is 0 Å². The van der Waals surface area contributed by atoms with Crippen LogP contribution in [0.4, 0.5) is 0 Å². The SMILES string of the molecule is Cc1ncccc1C#CCCN=[N+]=[N-]. The first-order chi connectivity index (χ1) is 6.84. The molecule has 0 saturated heterocycles. The Bertz CT molecular complexity index is 408. The van der Waals surface area contributed by atoms with Crippen molar-refractivity contribution in [2.24, 2.45) is 5.11 Å². The van der Waals surface area contributed by atoms with Gasteiger partial charge in [0.15, 0.2) is 0 Å². The molecule has 1 heterocycles. The van der Waals surface area contributed by atoms with Crippen molar-refractivity contribution < 1.29 is 0 Å². The van der Waals surface area contributed by atoms with Crippen LogP contribution in [0.5, 0.6) is 0 Å². The molecule has 1 rings (SSSR count). The highest BCUT2D eigenvalue weighted by Gasteiger charge is 1.90.